The van der Waals surface area contributed by atoms with Gasteiger partial charge in [0.1, 0.15) is 18.0 Å². The van der Waals surface area contributed by atoms with E-state index in [-0.39, 0.29) is 18.5 Å². The first-order valence-corrected chi connectivity index (χ1v) is 12.0. The number of benzene rings is 2. The van der Waals surface area contributed by atoms with Crippen LogP contribution in [0.2, 0.25) is 0 Å². The Kier molecular flexibility index (Phi) is 9.34. The third kappa shape index (κ3) is 7.25. The number of nitrogens with zero attached hydrogens (tertiary/aromatic N) is 2. The Morgan fingerprint density at radius 1 is 0.912 bits per heavy atom. The van der Waals surface area contributed by atoms with Gasteiger partial charge >= 0.3 is 6.03 Å². The maximum atomic E-state index is 13.4. The summed E-state index contributed by atoms with van der Waals surface area (Å²) in [4.78, 5) is 30.9. The lowest BCUT2D eigenvalue weighted by Crippen LogP contribution is -2.44. The smallest absolute Gasteiger partial charge is 0.322 e. The molecule has 3 rings (SSSR count). The summed E-state index contributed by atoms with van der Waals surface area (Å²) in [7, 11) is 3.11. The lowest BCUT2D eigenvalue weighted by molar-refractivity contribution is -0.133. The number of amides is 3. The van der Waals surface area contributed by atoms with Crippen molar-refractivity contribution >= 4 is 29.0 Å². The number of urea groups is 1. The molecule has 1 heterocycles. The van der Waals surface area contributed by atoms with Crippen molar-refractivity contribution < 1.29 is 19.1 Å². The van der Waals surface area contributed by atoms with Crippen molar-refractivity contribution in [2.75, 3.05) is 32.6 Å². The van der Waals surface area contributed by atoms with Crippen molar-refractivity contribution in [2.24, 2.45) is 0 Å². The van der Waals surface area contributed by atoms with E-state index >= 15 is 0 Å². The standard InChI is InChI=1S/C26H31N3O4S/c1-4-12-28(26(31)27-21-14-22(32-2)16-23(15-21)33-3)19-25(30)29(18-24-11-8-13-34-24)17-20-9-6-5-7-10-20/h5-11,13-16H,4,12,17-19H2,1-3H3,(H,27,31). The summed E-state index contributed by atoms with van der Waals surface area (Å²) in [6.07, 6.45) is 0.728. The van der Waals surface area contributed by atoms with E-state index in [9.17, 15) is 9.59 Å². The fourth-order valence-corrected chi connectivity index (χ4v) is 4.21. The highest BCUT2D eigenvalue weighted by atomic mass is 32.1. The van der Waals surface area contributed by atoms with Crippen LogP contribution in [0, 0.1) is 0 Å². The second kappa shape index (κ2) is 12.6. The van der Waals surface area contributed by atoms with Gasteiger partial charge in [-0.2, -0.15) is 0 Å². The molecule has 0 unspecified atom stereocenters. The fraction of sp³-hybridized carbons (Fsp3) is 0.308. The van der Waals surface area contributed by atoms with Gasteiger partial charge in [0, 0.05) is 41.9 Å². The average Bonchev–Trinajstić information content (AvgIpc) is 3.36. The molecule has 0 saturated heterocycles. The minimum absolute atomic E-state index is 0.0149. The van der Waals surface area contributed by atoms with E-state index < -0.39 is 0 Å². The van der Waals surface area contributed by atoms with Crippen molar-refractivity contribution in [3.63, 3.8) is 0 Å². The Morgan fingerprint density at radius 2 is 1.62 bits per heavy atom. The molecule has 1 N–H and O–H groups in total. The first-order valence-electron chi connectivity index (χ1n) is 11.2. The topological polar surface area (TPSA) is 71.1 Å². The van der Waals surface area contributed by atoms with E-state index in [1.807, 2.05) is 54.8 Å². The Hall–Kier alpha value is -3.52. The lowest BCUT2D eigenvalue weighted by atomic mass is 10.2. The van der Waals surface area contributed by atoms with Gasteiger partial charge in [-0.1, -0.05) is 43.3 Å². The molecule has 0 saturated carbocycles. The summed E-state index contributed by atoms with van der Waals surface area (Å²) < 4.78 is 10.6. The van der Waals surface area contributed by atoms with Gasteiger partial charge < -0.3 is 24.6 Å². The van der Waals surface area contributed by atoms with Gasteiger partial charge in [0.15, 0.2) is 0 Å². The van der Waals surface area contributed by atoms with Gasteiger partial charge in [-0.15, -0.1) is 11.3 Å². The Morgan fingerprint density at radius 3 is 2.21 bits per heavy atom. The molecule has 3 amide bonds. The fourth-order valence-electron chi connectivity index (χ4n) is 3.49. The molecule has 0 fully saturated rings. The number of carbonyl (C=O) groups is 2. The molecule has 2 aromatic carbocycles. The molecule has 0 aliphatic heterocycles. The number of thiophene rings is 1. The molecule has 7 nitrogen and oxygen atoms in total. The highest BCUT2D eigenvalue weighted by Crippen LogP contribution is 2.26. The molecular weight excluding hydrogens is 450 g/mol. The Bertz CT molecular complexity index is 1030. The molecule has 0 atom stereocenters. The summed E-state index contributed by atoms with van der Waals surface area (Å²) in [6.45, 7) is 3.40. The van der Waals surface area contributed by atoms with Crippen LogP contribution in [0.5, 0.6) is 11.5 Å². The number of carbonyl (C=O) groups excluding carboxylic acids is 2. The average molecular weight is 482 g/mol. The number of hydrogen-bond acceptors (Lipinski definition) is 5. The van der Waals surface area contributed by atoms with E-state index in [1.54, 1.807) is 53.6 Å². The van der Waals surface area contributed by atoms with E-state index in [1.165, 1.54) is 0 Å². The van der Waals surface area contributed by atoms with Crippen molar-refractivity contribution in [1.82, 2.24) is 9.80 Å². The van der Waals surface area contributed by atoms with Crippen LogP contribution in [-0.4, -0.2) is 49.0 Å². The van der Waals surface area contributed by atoms with Crippen LogP contribution in [0.4, 0.5) is 10.5 Å². The summed E-state index contributed by atoms with van der Waals surface area (Å²) in [5.74, 6) is 1.03. The first kappa shape index (κ1) is 25.1. The molecule has 34 heavy (non-hydrogen) atoms. The predicted octanol–water partition coefficient (Wildman–Crippen LogP) is 5.24. The van der Waals surface area contributed by atoms with E-state index in [2.05, 4.69) is 5.32 Å². The zero-order valence-electron chi connectivity index (χ0n) is 19.8. The van der Waals surface area contributed by atoms with E-state index in [0.717, 1.165) is 16.9 Å². The molecule has 180 valence electrons. The molecule has 0 spiro atoms. The number of hydrogen-bond donors (Lipinski definition) is 1. The van der Waals surface area contributed by atoms with Crippen LogP contribution in [0.25, 0.3) is 0 Å². The number of anilines is 1. The van der Waals surface area contributed by atoms with E-state index in [0.29, 0.717) is 36.8 Å². The largest absolute Gasteiger partial charge is 0.497 e. The number of ether oxygens (including phenoxy) is 2. The van der Waals surface area contributed by atoms with Gasteiger partial charge in [0.2, 0.25) is 5.91 Å². The molecule has 3 aromatic rings. The van der Waals surface area contributed by atoms with Gasteiger partial charge in [0.05, 0.1) is 20.8 Å². The number of methoxy groups -OCH3 is 2. The quantitative estimate of drug-likeness (QED) is 0.407. The van der Waals surface area contributed by atoms with Crippen LogP contribution in [0.1, 0.15) is 23.8 Å². The molecule has 0 radical (unpaired) electrons. The second-order valence-electron chi connectivity index (χ2n) is 7.77. The minimum atomic E-state index is -0.346. The highest BCUT2D eigenvalue weighted by Gasteiger charge is 2.22. The van der Waals surface area contributed by atoms with Crippen molar-refractivity contribution in [3.8, 4) is 11.5 Å². The monoisotopic (exact) mass is 481 g/mol. The Balaban J connectivity index is 1.74. The van der Waals surface area contributed by atoms with Crippen molar-refractivity contribution in [1.29, 1.82) is 0 Å². The first-order chi connectivity index (χ1) is 16.5. The summed E-state index contributed by atoms with van der Waals surface area (Å²) in [6, 6.07) is 18.7. The van der Waals surface area contributed by atoms with Gasteiger partial charge in [-0.3, -0.25) is 4.79 Å². The van der Waals surface area contributed by atoms with Crippen molar-refractivity contribution in [3.05, 3.63) is 76.5 Å². The van der Waals surface area contributed by atoms with Crippen LogP contribution >= 0.6 is 11.3 Å². The van der Waals surface area contributed by atoms with Crippen LogP contribution < -0.4 is 14.8 Å². The molecule has 0 aliphatic rings. The number of rotatable bonds is 11. The Labute approximate surface area is 204 Å². The summed E-state index contributed by atoms with van der Waals surface area (Å²) in [5.41, 5.74) is 1.58. The van der Waals surface area contributed by atoms with Crippen LogP contribution in [0.15, 0.2) is 66.0 Å². The van der Waals surface area contributed by atoms with Crippen molar-refractivity contribution in [2.45, 2.75) is 26.4 Å². The third-order valence-electron chi connectivity index (χ3n) is 5.21. The molecule has 8 heteroatoms. The van der Waals surface area contributed by atoms with Gasteiger partial charge in [-0.25, -0.2) is 4.79 Å². The predicted molar refractivity (Wildman–Crippen MR) is 135 cm³/mol. The van der Waals surface area contributed by atoms with Crippen LogP contribution in [-0.2, 0) is 17.9 Å². The number of nitrogens with one attached hydrogen (secondary N) is 1. The van der Waals surface area contributed by atoms with E-state index in [4.69, 9.17) is 9.47 Å². The molecule has 0 bridgehead atoms. The second-order valence-corrected chi connectivity index (χ2v) is 8.80. The zero-order chi connectivity index (χ0) is 24.3. The van der Waals surface area contributed by atoms with Crippen LogP contribution in [0.3, 0.4) is 0 Å². The molecule has 1 aromatic heterocycles. The maximum Gasteiger partial charge on any atom is 0.322 e. The maximum absolute atomic E-state index is 13.4. The summed E-state index contributed by atoms with van der Waals surface area (Å²) in [5, 5.41) is 4.87. The van der Waals surface area contributed by atoms with Gasteiger partial charge in [0.25, 0.3) is 0 Å². The minimum Gasteiger partial charge on any atom is -0.497 e. The third-order valence-corrected chi connectivity index (χ3v) is 6.07. The summed E-state index contributed by atoms with van der Waals surface area (Å²) >= 11 is 1.61. The lowest BCUT2D eigenvalue weighted by Gasteiger charge is -2.27. The highest BCUT2D eigenvalue weighted by molar-refractivity contribution is 7.09. The normalized spacial score (nSPS) is 10.4. The zero-order valence-corrected chi connectivity index (χ0v) is 20.6. The SMILES string of the molecule is CCCN(CC(=O)N(Cc1ccccc1)Cc1cccs1)C(=O)Nc1cc(OC)cc(OC)c1. The van der Waals surface area contributed by atoms with Gasteiger partial charge in [-0.05, 0) is 23.4 Å². The molecule has 0 aliphatic carbocycles. The molecular formula is C26H31N3O4S.